The maximum atomic E-state index is 13.2. The number of carbonyl (C=O) groups excluding carboxylic acids is 1. The highest BCUT2D eigenvalue weighted by Crippen LogP contribution is 2.28. The van der Waals surface area contributed by atoms with E-state index in [4.69, 9.17) is 0 Å². The molecule has 1 fully saturated rings. The molecule has 1 saturated heterocycles. The molecule has 1 N–H and O–H groups in total. The lowest BCUT2D eigenvalue weighted by Gasteiger charge is -2.28. The first-order chi connectivity index (χ1) is 12.6. The number of rotatable bonds is 5. The van der Waals surface area contributed by atoms with E-state index in [9.17, 15) is 13.2 Å². The van der Waals surface area contributed by atoms with E-state index in [-0.39, 0.29) is 17.5 Å². The van der Waals surface area contributed by atoms with Crippen molar-refractivity contribution < 1.29 is 13.2 Å². The lowest BCUT2D eigenvalue weighted by atomic mass is 10.1. The lowest BCUT2D eigenvalue weighted by Crippen LogP contribution is -2.44. The van der Waals surface area contributed by atoms with Crippen molar-refractivity contribution in [3.63, 3.8) is 0 Å². The minimum absolute atomic E-state index is 0.0522. The lowest BCUT2D eigenvalue weighted by molar-refractivity contribution is 0.186. The monoisotopic (exact) mass is 372 g/mol. The molecule has 2 aromatic rings. The first kappa shape index (κ1) is 18.5. The van der Waals surface area contributed by atoms with Crippen LogP contribution >= 0.6 is 0 Å². The van der Waals surface area contributed by atoms with Gasteiger partial charge in [-0.25, -0.2) is 13.2 Å². The molecule has 138 valence electrons. The molecule has 0 bridgehead atoms. The number of piperidine rings is 1. The van der Waals surface area contributed by atoms with Gasteiger partial charge in [-0.3, -0.25) is 0 Å². The molecule has 0 unspecified atom stereocenters. The van der Waals surface area contributed by atoms with E-state index in [0.29, 0.717) is 5.56 Å². The largest absolute Gasteiger partial charge is 0.336 e. The molecule has 2 amide bonds. The van der Waals surface area contributed by atoms with E-state index >= 15 is 0 Å². The van der Waals surface area contributed by atoms with E-state index < -0.39 is 15.1 Å². The van der Waals surface area contributed by atoms with E-state index in [1.807, 2.05) is 18.2 Å². The molecule has 0 radical (unpaired) electrons. The van der Waals surface area contributed by atoms with Gasteiger partial charge in [0.1, 0.15) is 5.25 Å². The van der Waals surface area contributed by atoms with E-state index in [1.165, 1.54) is 0 Å². The summed E-state index contributed by atoms with van der Waals surface area (Å²) in [7, 11) is -3.61. The van der Waals surface area contributed by atoms with Crippen molar-refractivity contribution in [2.75, 3.05) is 19.6 Å². The average Bonchev–Trinajstić information content (AvgIpc) is 2.70. The fraction of sp³-hybridized carbons (Fsp3) is 0.350. The van der Waals surface area contributed by atoms with Crippen LogP contribution in [0.1, 0.15) is 30.1 Å². The molecule has 0 aromatic heterocycles. The Balaban J connectivity index is 1.81. The van der Waals surface area contributed by atoms with Crippen molar-refractivity contribution in [1.82, 2.24) is 10.2 Å². The Kier molecular flexibility index (Phi) is 5.93. The first-order valence-electron chi connectivity index (χ1n) is 8.96. The fourth-order valence-corrected chi connectivity index (χ4v) is 4.92. The van der Waals surface area contributed by atoms with Crippen molar-refractivity contribution in [3.8, 4) is 0 Å². The predicted octanol–water partition coefficient (Wildman–Crippen LogP) is 3.40. The number of hydrogen-bond acceptors (Lipinski definition) is 3. The Hall–Kier alpha value is -2.34. The standard InChI is InChI=1S/C20H24N2O3S/c23-20(22-14-8-3-9-15-22)21-16-19(17-10-4-1-5-11-17)26(24,25)18-12-6-2-7-13-18/h1-2,4-7,10-13,19H,3,8-9,14-16H2,(H,21,23)/t19-/m1/s1. The van der Waals surface area contributed by atoms with Crippen molar-refractivity contribution in [1.29, 1.82) is 0 Å². The summed E-state index contributed by atoms with van der Waals surface area (Å²) in [5.41, 5.74) is 0.676. The molecular formula is C20H24N2O3S. The van der Waals surface area contributed by atoms with Gasteiger partial charge in [-0.15, -0.1) is 0 Å². The molecule has 1 aliphatic heterocycles. The molecule has 3 rings (SSSR count). The number of nitrogens with one attached hydrogen (secondary N) is 1. The summed E-state index contributed by atoms with van der Waals surface area (Å²) >= 11 is 0. The van der Waals surface area contributed by atoms with Gasteiger partial charge in [0, 0.05) is 19.6 Å². The summed E-state index contributed by atoms with van der Waals surface area (Å²) in [6.07, 6.45) is 3.13. The van der Waals surface area contributed by atoms with Crippen LogP contribution in [0.5, 0.6) is 0 Å². The molecule has 5 nitrogen and oxygen atoms in total. The number of likely N-dealkylation sites (tertiary alicyclic amines) is 1. The number of amides is 2. The summed E-state index contributed by atoms with van der Waals surface area (Å²) in [5, 5.41) is 2.02. The molecule has 2 aromatic carbocycles. The Morgan fingerprint density at radius 3 is 2.12 bits per heavy atom. The fourth-order valence-electron chi connectivity index (χ4n) is 3.24. The number of hydrogen-bond donors (Lipinski definition) is 1. The summed E-state index contributed by atoms with van der Waals surface area (Å²) in [4.78, 5) is 14.4. The van der Waals surface area contributed by atoms with Gasteiger partial charge < -0.3 is 10.2 Å². The summed E-state index contributed by atoms with van der Waals surface area (Å²) < 4.78 is 26.3. The van der Waals surface area contributed by atoms with Gasteiger partial charge in [-0.05, 0) is 37.0 Å². The van der Waals surface area contributed by atoms with Gasteiger partial charge in [0.15, 0.2) is 9.84 Å². The maximum Gasteiger partial charge on any atom is 0.317 e. The Bertz CT molecular complexity index is 817. The number of benzene rings is 2. The molecule has 1 atom stereocenters. The van der Waals surface area contributed by atoms with Crippen LogP contribution in [0.4, 0.5) is 4.79 Å². The van der Waals surface area contributed by atoms with Crippen LogP contribution in [-0.2, 0) is 9.84 Å². The van der Waals surface area contributed by atoms with Gasteiger partial charge in [-0.2, -0.15) is 0 Å². The highest BCUT2D eigenvalue weighted by atomic mass is 32.2. The zero-order valence-electron chi connectivity index (χ0n) is 14.7. The third-order valence-electron chi connectivity index (χ3n) is 4.70. The molecule has 1 heterocycles. The van der Waals surface area contributed by atoms with Crippen molar-refractivity contribution in [2.45, 2.75) is 29.4 Å². The van der Waals surface area contributed by atoms with Crippen LogP contribution in [0.25, 0.3) is 0 Å². The van der Waals surface area contributed by atoms with E-state index in [1.54, 1.807) is 47.4 Å². The second kappa shape index (κ2) is 8.36. The number of urea groups is 1. The summed E-state index contributed by atoms with van der Waals surface area (Å²) in [5.74, 6) is 0. The van der Waals surface area contributed by atoms with Crippen molar-refractivity contribution in [3.05, 3.63) is 66.2 Å². The molecule has 6 heteroatoms. The second-order valence-electron chi connectivity index (χ2n) is 6.49. The third-order valence-corrected chi connectivity index (χ3v) is 6.82. The Morgan fingerprint density at radius 1 is 0.923 bits per heavy atom. The van der Waals surface area contributed by atoms with Crippen LogP contribution in [0, 0.1) is 0 Å². The number of carbonyl (C=O) groups is 1. The molecule has 0 saturated carbocycles. The topological polar surface area (TPSA) is 66.5 Å². The number of sulfone groups is 1. The van der Waals surface area contributed by atoms with Gasteiger partial charge in [0.25, 0.3) is 0 Å². The number of nitrogens with zero attached hydrogens (tertiary/aromatic N) is 1. The Labute approximate surface area is 154 Å². The smallest absolute Gasteiger partial charge is 0.317 e. The second-order valence-corrected chi connectivity index (χ2v) is 8.62. The van der Waals surface area contributed by atoms with Crippen LogP contribution in [-0.4, -0.2) is 39.0 Å². The average molecular weight is 372 g/mol. The minimum atomic E-state index is -3.61. The van der Waals surface area contributed by atoms with Crippen LogP contribution in [0.15, 0.2) is 65.6 Å². The molecule has 0 spiro atoms. The molecule has 26 heavy (non-hydrogen) atoms. The van der Waals surface area contributed by atoms with E-state index in [2.05, 4.69) is 5.32 Å². The summed E-state index contributed by atoms with van der Waals surface area (Å²) in [6, 6.07) is 17.3. The Morgan fingerprint density at radius 2 is 1.50 bits per heavy atom. The van der Waals surface area contributed by atoms with Gasteiger partial charge in [-0.1, -0.05) is 48.5 Å². The molecule has 1 aliphatic rings. The zero-order chi connectivity index (χ0) is 18.4. The van der Waals surface area contributed by atoms with Crippen molar-refractivity contribution in [2.24, 2.45) is 0 Å². The van der Waals surface area contributed by atoms with E-state index in [0.717, 1.165) is 32.4 Å². The predicted molar refractivity (Wildman–Crippen MR) is 102 cm³/mol. The van der Waals surface area contributed by atoms with Crippen LogP contribution in [0.3, 0.4) is 0 Å². The van der Waals surface area contributed by atoms with Gasteiger partial charge >= 0.3 is 6.03 Å². The summed E-state index contributed by atoms with van der Waals surface area (Å²) in [6.45, 7) is 1.51. The highest BCUT2D eigenvalue weighted by Gasteiger charge is 2.30. The maximum absolute atomic E-state index is 13.2. The minimum Gasteiger partial charge on any atom is -0.336 e. The first-order valence-corrected chi connectivity index (χ1v) is 10.5. The van der Waals surface area contributed by atoms with Crippen molar-refractivity contribution >= 4 is 15.9 Å². The van der Waals surface area contributed by atoms with Gasteiger partial charge in [0.05, 0.1) is 4.90 Å². The normalized spacial score (nSPS) is 16.1. The SMILES string of the molecule is O=C(NC[C@H](c1ccccc1)S(=O)(=O)c1ccccc1)N1CCCCC1. The molecular weight excluding hydrogens is 348 g/mol. The highest BCUT2D eigenvalue weighted by molar-refractivity contribution is 7.91. The quantitative estimate of drug-likeness (QED) is 0.875. The molecule has 0 aliphatic carbocycles. The van der Waals surface area contributed by atoms with Crippen LogP contribution < -0.4 is 5.32 Å². The zero-order valence-corrected chi connectivity index (χ0v) is 15.5. The van der Waals surface area contributed by atoms with Gasteiger partial charge in [0.2, 0.25) is 0 Å². The third kappa shape index (κ3) is 4.25. The van der Waals surface area contributed by atoms with Crippen LogP contribution in [0.2, 0.25) is 0 Å².